The Morgan fingerprint density at radius 3 is 1.51 bits per heavy atom. The van der Waals surface area contributed by atoms with E-state index in [2.05, 4.69) is 169 Å². The number of furan rings is 2. The zero-order chi connectivity index (χ0) is 33.7. The van der Waals surface area contributed by atoms with E-state index in [0.29, 0.717) is 0 Å². The van der Waals surface area contributed by atoms with Crippen molar-refractivity contribution in [3.8, 4) is 33.4 Å². The fraction of sp³-hybridized carbons (Fsp3) is 0. The first-order valence-electron chi connectivity index (χ1n) is 17.2. The third kappa shape index (κ3) is 5.06. The standard InChI is InChI=1S/C48H31NO2/c1-2-11-32(12-3-1)33-23-25-34(26-24-33)35-13-8-15-38(29-35)49(43-19-10-22-47-48(43)41-18-5-7-21-45(41)51-47)39-16-9-14-36(30-39)37-27-28-46-42(31-37)40-17-4-6-20-44(40)50-46/h1-31H. The van der Waals surface area contributed by atoms with E-state index in [0.717, 1.165) is 83.2 Å². The Morgan fingerprint density at radius 2 is 0.765 bits per heavy atom. The molecular formula is C48H31NO2. The van der Waals surface area contributed by atoms with Crippen molar-refractivity contribution in [2.75, 3.05) is 4.90 Å². The highest BCUT2D eigenvalue weighted by Gasteiger charge is 2.20. The van der Waals surface area contributed by atoms with Gasteiger partial charge in [0.2, 0.25) is 0 Å². The minimum Gasteiger partial charge on any atom is -0.456 e. The normalized spacial score (nSPS) is 11.5. The minimum atomic E-state index is 0.861. The van der Waals surface area contributed by atoms with Crippen molar-refractivity contribution in [1.82, 2.24) is 0 Å². The van der Waals surface area contributed by atoms with Crippen molar-refractivity contribution in [3.05, 3.63) is 188 Å². The molecule has 0 amide bonds. The van der Waals surface area contributed by atoms with E-state index < -0.39 is 0 Å². The average Bonchev–Trinajstić information content (AvgIpc) is 3.77. The Balaban J connectivity index is 1.13. The van der Waals surface area contributed by atoms with Crippen LogP contribution >= 0.6 is 0 Å². The maximum Gasteiger partial charge on any atom is 0.137 e. The first-order chi connectivity index (χ1) is 25.3. The second-order valence-corrected chi connectivity index (χ2v) is 12.9. The smallest absolute Gasteiger partial charge is 0.137 e. The van der Waals surface area contributed by atoms with Crippen LogP contribution in [0.1, 0.15) is 0 Å². The molecular weight excluding hydrogens is 623 g/mol. The van der Waals surface area contributed by atoms with Crippen molar-refractivity contribution in [3.63, 3.8) is 0 Å². The predicted molar refractivity (Wildman–Crippen MR) is 212 cm³/mol. The zero-order valence-corrected chi connectivity index (χ0v) is 27.7. The minimum absolute atomic E-state index is 0.861. The van der Waals surface area contributed by atoms with Gasteiger partial charge in [0.05, 0.1) is 11.1 Å². The highest BCUT2D eigenvalue weighted by atomic mass is 16.3. The molecule has 51 heavy (non-hydrogen) atoms. The molecule has 3 nitrogen and oxygen atoms in total. The molecule has 10 aromatic rings. The molecule has 0 aliphatic heterocycles. The third-order valence-electron chi connectivity index (χ3n) is 9.87. The summed E-state index contributed by atoms with van der Waals surface area (Å²) in [7, 11) is 0. The molecule has 0 bridgehead atoms. The van der Waals surface area contributed by atoms with Gasteiger partial charge in [-0.2, -0.15) is 0 Å². The Labute approximate surface area is 295 Å². The molecule has 0 unspecified atom stereocenters. The number of hydrogen-bond acceptors (Lipinski definition) is 3. The number of fused-ring (bicyclic) bond motifs is 6. The van der Waals surface area contributed by atoms with E-state index in [1.165, 1.54) is 11.1 Å². The third-order valence-corrected chi connectivity index (χ3v) is 9.87. The van der Waals surface area contributed by atoms with Gasteiger partial charge in [-0.05, 0) is 94.0 Å². The van der Waals surface area contributed by atoms with Crippen molar-refractivity contribution in [2.45, 2.75) is 0 Å². The molecule has 0 fully saturated rings. The van der Waals surface area contributed by atoms with E-state index in [9.17, 15) is 0 Å². The van der Waals surface area contributed by atoms with Gasteiger partial charge in [-0.25, -0.2) is 0 Å². The van der Waals surface area contributed by atoms with Gasteiger partial charge >= 0.3 is 0 Å². The zero-order valence-electron chi connectivity index (χ0n) is 27.7. The van der Waals surface area contributed by atoms with Crippen molar-refractivity contribution in [2.24, 2.45) is 0 Å². The van der Waals surface area contributed by atoms with Gasteiger partial charge in [-0.3, -0.25) is 0 Å². The Bertz CT molecular complexity index is 2860. The number of anilines is 3. The number of benzene rings is 8. The lowest BCUT2D eigenvalue weighted by molar-refractivity contribution is 0.668. The number of para-hydroxylation sites is 2. The highest BCUT2D eigenvalue weighted by Crippen LogP contribution is 2.44. The van der Waals surface area contributed by atoms with Crippen LogP contribution in [0.4, 0.5) is 17.1 Å². The first kappa shape index (κ1) is 29.1. The van der Waals surface area contributed by atoms with Crippen LogP contribution in [0, 0.1) is 0 Å². The van der Waals surface area contributed by atoms with Crippen LogP contribution in [-0.4, -0.2) is 0 Å². The second-order valence-electron chi connectivity index (χ2n) is 12.9. The summed E-state index contributed by atoms with van der Waals surface area (Å²) in [5.74, 6) is 0. The summed E-state index contributed by atoms with van der Waals surface area (Å²) < 4.78 is 12.5. The van der Waals surface area contributed by atoms with Crippen molar-refractivity contribution >= 4 is 60.9 Å². The van der Waals surface area contributed by atoms with Gasteiger partial charge in [-0.1, -0.05) is 127 Å². The molecule has 0 spiro atoms. The lowest BCUT2D eigenvalue weighted by atomic mass is 9.99. The highest BCUT2D eigenvalue weighted by molar-refractivity contribution is 6.13. The molecule has 0 aliphatic carbocycles. The van der Waals surface area contributed by atoms with Gasteiger partial charge in [0, 0.05) is 27.5 Å². The van der Waals surface area contributed by atoms with Crippen LogP contribution in [0.5, 0.6) is 0 Å². The summed E-state index contributed by atoms with van der Waals surface area (Å²) in [5.41, 5.74) is 13.7. The van der Waals surface area contributed by atoms with Crippen LogP contribution < -0.4 is 4.90 Å². The number of nitrogens with zero attached hydrogens (tertiary/aromatic N) is 1. The SMILES string of the molecule is c1ccc(-c2ccc(-c3cccc(N(c4cccc(-c5ccc6oc7ccccc7c6c5)c4)c4cccc5oc6ccccc6c45)c3)cc2)cc1. The molecule has 0 N–H and O–H groups in total. The summed E-state index contributed by atoms with van der Waals surface area (Å²) in [6, 6.07) is 66.3. The molecule has 0 saturated carbocycles. The van der Waals surface area contributed by atoms with Gasteiger partial charge in [-0.15, -0.1) is 0 Å². The van der Waals surface area contributed by atoms with Crippen LogP contribution in [0.25, 0.3) is 77.3 Å². The van der Waals surface area contributed by atoms with Crippen LogP contribution in [0.2, 0.25) is 0 Å². The molecule has 0 aliphatic rings. The molecule has 240 valence electrons. The fourth-order valence-corrected chi connectivity index (χ4v) is 7.41. The average molecular weight is 654 g/mol. The Kier molecular flexibility index (Phi) is 6.81. The van der Waals surface area contributed by atoms with Crippen molar-refractivity contribution in [1.29, 1.82) is 0 Å². The summed E-state index contributed by atoms with van der Waals surface area (Å²) in [4.78, 5) is 2.36. The molecule has 0 atom stereocenters. The van der Waals surface area contributed by atoms with Crippen LogP contribution in [-0.2, 0) is 0 Å². The van der Waals surface area contributed by atoms with E-state index >= 15 is 0 Å². The molecule has 2 heterocycles. The number of hydrogen-bond donors (Lipinski definition) is 0. The maximum absolute atomic E-state index is 6.38. The lowest BCUT2D eigenvalue weighted by Crippen LogP contribution is -2.10. The van der Waals surface area contributed by atoms with Gasteiger partial charge in [0.15, 0.2) is 0 Å². The summed E-state index contributed by atoms with van der Waals surface area (Å²) >= 11 is 0. The summed E-state index contributed by atoms with van der Waals surface area (Å²) in [6.45, 7) is 0. The molecule has 3 heteroatoms. The maximum atomic E-state index is 6.38. The van der Waals surface area contributed by atoms with E-state index in [-0.39, 0.29) is 0 Å². The summed E-state index contributed by atoms with van der Waals surface area (Å²) in [6.07, 6.45) is 0. The summed E-state index contributed by atoms with van der Waals surface area (Å²) in [5, 5.41) is 4.42. The Hall–Kier alpha value is -6.84. The van der Waals surface area contributed by atoms with Gasteiger partial charge in [0.1, 0.15) is 22.3 Å². The fourth-order valence-electron chi connectivity index (χ4n) is 7.41. The molecule has 0 radical (unpaired) electrons. The topological polar surface area (TPSA) is 29.5 Å². The van der Waals surface area contributed by atoms with Gasteiger partial charge in [0.25, 0.3) is 0 Å². The van der Waals surface area contributed by atoms with Crippen molar-refractivity contribution < 1.29 is 8.83 Å². The van der Waals surface area contributed by atoms with Crippen LogP contribution in [0.15, 0.2) is 197 Å². The Morgan fingerprint density at radius 1 is 0.294 bits per heavy atom. The monoisotopic (exact) mass is 653 g/mol. The predicted octanol–water partition coefficient (Wildman–Crippen LogP) is 14.0. The molecule has 10 rings (SSSR count). The molecule has 8 aromatic carbocycles. The second kappa shape index (κ2) is 11.9. The first-order valence-corrected chi connectivity index (χ1v) is 17.2. The quantitative estimate of drug-likeness (QED) is 0.179. The molecule has 0 saturated heterocycles. The van der Waals surface area contributed by atoms with E-state index in [1.54, 1.807) is 0 Å². The van der Waals surface area contributed by atoms with Gasteiger partial charge < -0.3 is 13.7 Å². The van der Waals surface area contributed by atoms with Crippen LogP contribution in [0.3, 0.4) is 0 Å². The molecule has 2 aromatic heterocycles. The van der Waals surface area contributed by atoms with E-state index in [1.807, 2.05) is 24.3 Å². The van der Waals surface area contributed by atoms with E-state index in [4.69, 9.17) is 8.83 Å². The number of rotatable bonds is 6. The largest absolute Gasteiger partial charge is 0.456 e. The lowest BCUT2D eigenvalue weighted by Gasteiger charge is -2.27.